The highest BCUT2D eigenvalue weighted by Crippen LogP contribution is 2.23. The molecule has 0 aliphatic heterocycles. The van der Waals surface area contributed by atoms with Crippen LogP contribution in [0.1, 0.15) is 28.9 Å². The van der Waals surface area contributed by atoms with Gasteiger partial charge < -0.3 is 15.2 Å². The van der Waals surface area contributed by atoms with Crippen LogP contribution < -0.4 is 10.1 Å². The van der Waals surface area contributed by atoms with Crippen molar-refractivity contribution in [3.63, 3.8) is 0 Å². The van der Waals surface area contributed by atoms with Crippen LogP contribution in [-0.2, 0) is 0 Å². The molecule has 0 saturated carbocycles. The molecule has 1 amide bonds. The van der Waals surface area contributed by atoms with Gasteiger partial charge >= 0.3 is 0 Å². The second kappa shape index (κ2) is 7.24. The van der Waals surface area contributed by atoms with Crippen molar-refractivity contribution in [3.8, 4) is 5.75 Å². The number of aliphatic hydroxyl groups is 1. The van der Waals surface area contributed by atoms with Crippen LogP contribution in [0.2, 0.25) is 0 Å². The van der Waals surface area contributed by atoms with E-state index in [9.17, 15) is 4.79 Å². The molecule has 2 N–H and O–H groups in total. The predicted molar refractivity (Wildman–Crippen MR) is 64.1 cm³/mol. The smallest absolute Gasteiger partial charge is 0.265 e. The SMILES string of the molecule is COc1ccsc1C(=O)NCCCCCO. The highest BCUT2D eigenvalue weighted by Gasteiger charge is 2.12. The first kappa shape index (κ1) is 13.0. The highest BCUT2D eigenvalue weighted by atomic mass is 32.1. The Bertz CT molecular complexity index is 325. The number of carbonyl (C=O) groups is 1. The standard InChI is InChI=1S/C11H17NO3S/c1-15-9-5-8-16-10(9)11(14)12-6-3-2-4-7-13/h5,8,13H,2-4,6-7H2,1H3,(H,12,14). The molecule has 4 nitrogen and oxygen atoms in total. The lowest BCUT2D eigenvalue weighted by Gasteiger charge is -2.04. The highest BCUT2D eigenvalue weighted by molar-refractivity contribution is 7.12. The van der Waals surface area contributed by atoms with Gasteiger partial charge in [0.05, 0.1) is 7.11 Å². The second-order valence-corrected chi connectivity index (χ2v) is 4.27. The van der Waals surface area contributed by atoms with Crippen LogP contribution in [0.4, 0.5) is 0 Å². The normalized spacial score (nSPS) is 10.1. The number of aliphatic hydroxyl groups excluding tert-OH is 1. The van der Waals surface area contributed by atoms with Crippen molar-refractivity contribution in [3.05, 3.63) is 16.3 Å². The molecule has 1 aromatic rings. The summed E-state index contributed by atoms with van der Waals surface area (Å²) in [6.07, 6.45) is 2.61. The van der Waals surface area contributed by atoms with Crippen molar-refractivity contribution in [2.75, 3.05) is 20.3 Å². The van der Waals surface area contributed by atoms with Gasteiger partial charge in [-0.2, -0.15) is 0 Å². The van der Waals surface area contributed by atoms with E-state index in [2.05, 4.69) is 5.32 Å². The van der Waals surface area contributed by atoms with Gasteiger partial charge in [0.15, 0.2) is 0 Å². The number of rotatable bonds is 7. The molecule has 1 aromatic heterocycles. The molecule has 0 spiro atoms. The molecule has 0 saturated heterocycles. The molecular formula is C11H17NO3S. The van der Waals surface area contributed by atoms with E-state index in [1.165, 1.54) is 11.3 Å². The summed E-state index contributed by atoms with van der Waals surface area (Å²) < 4.78 is 5.07. The van der Waals surface area contributed by atoms with Crippen LogP contribution in [-0.4, -0.2) is 31.3 Å². The summed E-state index contributed by atoms with van der Waals surface area (Å²) in [7, 11) is 1.56. The van der Waals surface area contributed by atoms with E-state index in [0.29, 0.717) is 17.2 Å². The van der Waals surface area contributed by atoms with Crippen LogP contribution in [0.3, 0.4) is 0 Å². The summed E-state index contributed by atoms with van der Waals surface area (Å²) in [5.41, 5.74) is 0. The van der Waals surface area contributed by atoms with Gasteiger partial charge in [0.25, 0.3) is 5.91 Å². The molecule has 0 atom stereocenters. The maximum atomic E-state index is 11.7. The number of amides is 1. The van der Waals surface area contributed by atoms with Gasteiger partial charge in [0.2, 0.25) is 0 Å². The van der Waals surface area contributed by atoms with E-state index in [1.807, 2.05) is 5.38 Å². The van der Waals surface area contributed by atoms with Gasteiger partial charge in [-0.25, -0.2) is 0 Å². The minimum absolute atomic E-state index is 0.0872. The fourth-order valence-corrected chi connectivity index (χ4v) is 2.09. The first-order chi connectivity index (χ1) is 7.79. The number of nitrogens with one attached hydrogen (secondary N) is 1. The van der Waals surface area contributed by atoms with Gasteiger partial charge in [-0.05, 0) is 30.7 Å². The Hall–Kier alpha value is -1.07. The molecule has 1 heterocycles. The fraction of sp³-hybridized carbons (Fsp3) is 0.545. The van der Waals surface area contributed by atoms with E-state index >= 15 is 0 Å². The monoisotopic (exact) mass is 243 g/mol. The van der Waals surface area contributed by atoms with Crippen LogP contribution in [0, 0.1) is 0 Å². The summed E-state index contributed by atoms with van der Waals surface area (Å²) in [5, 5.41) is 13.3. The van der Waals surface area contributed by atoms with Crippen molar-refractivity contribution in [2.45, 2.75) is 19.3 Å². The number of thiophene rings is 1. The Balaban J connectivity index is 2.30. The van der Waals surface area contributed by atoms with Crippen molar-refractivity contribution in [1.82, 2.24) is 5.32 Å². The molecule has 5 heteroatoms. The maximum absolute atomic E-state index is 11.7. The van der Waals surface area contributed by atoms with Gasteiger partial charge in [-0.3, -0.25) is 4.79 Å². The molecule has 0 bridgehead atoms. The van der Waals surface area contributed by atoms with Crippen LogP contribution in [0.5, 0.6) is 5.75 Å². The second-order valence-electron chi connectivity index (χ2n) is 3.36. The Morgan fingerprint density at radius 1 is 1.50 bits per heavy atom. The third-order valence-corrected chi connectivity index (χ3v) is 3.07. The van der Waals surface area contributed by atoms with Crippen molar-refractivity contribution in [1.29, 1.82) is 0 Å². The quantitative estimate of drug-likeness (QED) is 0.716. The number of hydrogen-bond donors (Lipinski definition) is 2. The summed E-state index contributed by atoms with van der Waals surface area (Å²) in [5.74, 6) is 0.536. The van der Waals surface area contributed by atoms with E-state index in [0.717, 1.165) is 19.3 Å². The van der Waals surface area contributed by atoms with Gasteiger partial charge in [-0.1, -0.05) is 0 Å². The van der Waals surface area contributed by atoms with Gasteiger partial charge in [0.1, 0.15) is 10.6 Å². The number of carbonyl (C=O) groups excluding carboxylic acids is 1. The average molecular weight is 243 g/mol. The van der Waals surface area contributed by atoms with Crippen molar-refractivity contribution >= 4 is 17.2 Å². The molecular weight excluding hydrogens is 226 g/mol. The number of hydrogen-bond acceptors (Lipinski definition) is 4. The Kier molecular flexibility index (Phi) is 5.88. The van der Waals surface area contributed by atoms with Gasteiger partial charge in [-0.15, -0.1) is 11.3 Å². The molecule has 16 heavy (non-hydrogen) atoms. The zero-order valence-electron chi connectivity index (χ0n) is 9.36. The van der Waals surface area contributed by atoms with E-state index in [1.54, 1.807) is 13.2 Å². The van der Waals surface area contributed by atoms with E-state index in [4.69, 9.17) is 9.84 Å². The molecule has 90 valence electrons. The van der Waals surface area contributed by atoms with E-state index < -0.39 is 0 Å². The van der Waals surface area contributed by atoms with E-state index in [-0.39, 0.29) is 12.5 Å². The first-order valence-corrected chi connectivity index (χ1v) is 6.18. The largest absolute Gasteiger partial charge is 0.495 e. The summed E-state index contributed by atoms with van der Waals surface area (Å²) in [6.45, 7) is 0.854. The molecule has 0 aromatic carbocycles. The Morgan fingerprint density at radius 2 is 2.31 bits per heavy atom. The zero-order chi connectivity index (χ0) is 11.8. The first-order valence-electron chi connectivity index (χ1n) is 5.30. The molecule has 0 aliphatic carbocycles. The van der Waals surface area contributed by atoms with Crippen molar-refractivity contribution < 1.29 is 14.6 Å². The minimum Gasteiger partial charge on any atom is -0.495 e. The molecule has 1 rings (SSSR count). The van der Waals surface area contributed by atoms with Gasteiger partial charge in [0, 0.05) is 13.2 Å². The predicted octanol–water partition coefficient (Wildman–Crippen LogP) is 1.65. The Morgan fingerprint density at radius 3 is 3.00 bits per heavy atom. The van der Waals surface area contributed by atoms with Crippen molar-refractivity contribution in [2.24, 2.45) is 0 Å². The fourth-order valence-electron chi connectivity index (χ4n) is 1.32. The minimum atomic E-state index is -0.0872. The topological polar surface area (TPSA) is 58.6 Å². The number of unbranched alkanes of at least 4 members (excludes halogenated alkanes) is 2. The van der Waals surface area contributed by atoms with Crippen LogP contribution in [0.15, 0.2) is 11.4 Å². The third-order valence-electron chi connectivity index (χ3n) is 2.18. The summed E-state index contributed by atoms with van der Waals surface area (Å²) in [6, 6.07) is 1.78. The van der Waals surface area contributed by atoms with Crippen LogP contribution in [0.25, 0.3) is 0 Å². The number of methoxy groups -OCH3 is 1. The third kappa shape index (κ3) is 3.83. The summed E-state index contributed by atoms with van der Waals surface area (Å²) in [4.78, 5) is 12.3. The molecule has 0 aliphatic rings. The Labute approximate surface area is 99.2 Å². The summed E-state index contributed by atoms with van der Waals surface area (Å²) >= 11 is 1.37. The molecule has 0 radical (unpaired) electrons. The molecule has 0 unspecified atom stereocenters. The lowest BCUT2D eigenvalue weighted by Crippen LogP contribution is -2.23. The lowest BCUT2D eigenvalue weighted by molar-refractivity contribution is 0.0954. The number of ether oxygens (including phenoxy) is 1. The zero-order valence-corrected chi connectivity index (χ0v) is 10.2. The molecule has 0 fully saturated rings. The lowest BCUT2D eigenvalue weighted by atomic mass is 10.2. The maximum Gasteiger partial charge on any atom is 0.265 e. The average Bonchev–Trinajstić information content (AvgIpc) is 2.76. The van der Waals surface area contributed by atoms with Crippen LogP contribution >= 0.6 is 11.3 Å².